The second kappa shape index (κ2) is 8.89. The van der Waals surface area contributed by atoms with Gasteiger partial charge in [-0.05, 0) is 31.1 Å². The monoisotopic (exact) mass is 442 g/mol. The fourth-order valence-electron chi connectivity index (χ4n) is 3.94. The van der Waals surface area contributed by atoms with Crippen molar-refractivity contribution in [2.24, 2.45) is 0 Å². The summed E-state index contributed by atoms with van der Waals surface area (Å²) in [5, 5.41) is 5.69. The number of carbonyl (C=O) groups excluding carboxylic acids is 1. The zero-order valence-corrected chi connectivity index (χ0v) is 17.6. The van der Waals surface area contributed by atoms with E-state index >= 15 is 0 Å². The van der Waals surface area contributed by atoms with Crippen LogP contribution in [0, 0.1) is 6.92 Å². The molecular formula is C22H24F2N6O2. The fourth-order valence-corrected chi connectivity index (χ4v) is 3.94. The molecule has 1 unspecified atom stereocenters. The van der Waals surface area contributed by atoms with E-state index in [0.717, 1.165) is 17.3 Å². The minimum Gasteiger partial charge on any atom is -0.384 e. The number of nitrogens with zero attached hydrogens (tertiary/aromatic N) is 3. The molecule has 0 radical (unpaired) electrons. The number of nitrogens with one attached hydrogen (secondary N) is 2. The van der Waals surface area contributed by atoms with Crippen molar-refractivity contribution in [1.82, 2.24) is 19.9 Å². The van der Waals surface area contributed by atoms with E-state index in [1.165, 1.54) is 10.8 Å². The van der Waals surface area contributed by atoms with Crippen LogP contribution >= 0.6 is 0 Å². The van der Waals surface area contributed by atoms with Crippen molar-refractivity contribution in [3.8, 4) is 0 Å². The van der Waals surface area contributed by atoms with Gasteiger partial charge < -0.3 is 16.4 Å². The molecule has 2 aromatic rings. The predicted molar refractivity (Wildman–Crippen MR) is 116 cm³/mol. The predicted octanol–water partition coefficient (Wildman–Crippen LogP) is 2.62. The van der Waals surface area contributed by atoms with Crippen LogP contribution in [0.15, 0.2) is 46.4 Å². The van der Waals surface area contributed by atoms with Crippen LogP contribution in [0.5, 0.6) is 0 Å². The molecule has 0 spiro atoms. The van der Waals surface area contributed by atoms with Crippen molar-refractivity contribution < 1.29 is 13.6 Å². The van der Waals surface area contributed by atoms with Gasteiger partial charge in [-0.25, -0.2) is 18.7 Å². The Morgan fingerprint density at radius 1 is 1.25 bits per heavy atom. The smallest absolute Gasteiger partial charge is 0.277 e. The highest BCUT2D eigenvalue weighted by atomic mass is 19.1. The summed E-state index contributed by atoms with van der Waals surface area (Å²) in [7, 11) is 0. The molecule has 0 saturated heterocycles. The van der Waals surface area contributed by atoms with E-state index in [-0.39, 0.29) is 43.1 Å². The van der Waals surface area contributed by atoms with Gasteiger partial charge in [-0.15, -0.1) is 0 Å². The van der Waals surface area contributed by atoms with Crippen molar-refractivity contribution in [3.05, 3.63) is 69.1 Å². The lowest BCUT2D eigenvalue weighted by Gasteiger charge is -2.17. The molecule has 2 aliphatic rings. The molecule has 0 fully saturated rings. The molecule has 0 aromatic carbocycles. The van der Waals surface area contributed by atoms with E-state index in [9.17, 15) is 18.4 Å². The Kier molecular flexibility index (Phi) is 6.02. The maximum Gasteiger partial charge on any atom is 0.277 e. The molecule has 4 N–H and O–H groups in total. The second-order valence-electron chi connectivity index (χ2n) is 7.89. The van der Waals surface area contributed by atoms with Gasteiger partial charge >= 0.3 is 0 Å². The molecule has 168 valence electrons. The number of aromatic nitrogens is 3. The largest absolute Gasteiger partial charge is 0.384 e. The molecular weight excluding hydrogens is 418 g/mol. The number of nitrogens with two attached hydrogens (primary N) is 1. The molecule has 10 heteroatoms. The lowest BCUT2D eigenvalue weighted by molar-refractivity contribution is -0.124. The molecule has 4 rings (SSSR count). The molecule has 32 heavy (non-hydrogen) atoms. The van der Waals surface area contributed by atoms with Crippen molar-refractivity contribution >= 4 is 17.4 Å². The minimum absolute atomic E-state index is 0.00597. The summed E-state index contributed by atoms with van der Waals surface area (Å²) < 4.78 is 28.8. The molecule has 2 aromatic heterocycles. The molecule has 0 bridgehead atoms. The van der Waals surface area contributed by atoms with Crippen molar-refractivity contribution in [2.45, 2.75) is 45.2 Å². The highest BCUT2D eigenvalue weighted by Crippen LogP contribution is 2.26. The van der Waals surface area contributed by atoms with Gasteiger partial charge in [0.1, 0.15) is 35.0 Å². The Bertz CT molecular complexity index is 1190. The number of pyridine rings is 1. The van der Waals surface area contributed by atoms with E-state index in [2.05, 4.69) is 20.6 Å². The van der Waals surface area contributed by atoms with Gasteiger partial charge in [-0.1, -0.05) is 6.07 Å². The molecule has 1 amide bonds. The van der Waals surface area contributed by atoms with E-state index in [4.69, 9.17) is 5.73 Å². The van der Waals surface area contributed by atoms with Crippen LogP contribution in [0.4, 0.5) is 20.3 Å². The third-order valence-electron chi connectivity index (χ3n) is 5.73. The summed E-state index contributed by atoms with van der Waals surface area (Å²) in [5.74, 6) is -0.178. The first-order valence-electron chi connectivity index (χ1n) is 10.4. The number of aryl methyl sites for hydroxylation is 2. The number of nitrogen functional groups attached to an aromatic ring is 1. The number of rotatable bonds is 6. The van der Waals surface area contributed by atoms with Crippen molar-refractivity contribution in [1.29, 1.82) is 0 Å². The number of hydrogen-bond donors (Lipinski definition) is 3. The summed E-state index contributed by atoms with van der Waals surface area (Å²) in [4.78, 5) is 34.3. The number of carbonyl (C=O) groups is 1. The molecule has 1 atom stereocenters. The van der Waals surface area contributed by atoms with Crippen LogP contribution in [-0.2, 0) is 17.8 Å². The average Bonchev–Trinajstić information content (AvgIpc) is 3.20. The quantitative estimate of drug-likeness (QED) is 0.634. The van der Waals surface area contributed by atoms with Crippen LogP contribution in [-0.4, -0.2) is 27.0 Å². The molecule has 8 nitrogen and oxygen atoms in total. The lowest BCUT2D eigenvalue weighted by Crippen LogP contribution is -2.36. The van der Waals surface area contributed by atoms with E-state index in [0.29, 0.717) is 24.5 Å². The van der Waals surface area contributed by atoms with Crippen molar-refractivity contribution in [3.63, 3.8) is 0 Å². The number of amides is 1. The van der Waals surface area contributed by atoms with E-state index in [1.807, 2.05) is 0 Å². The maximum atomic E-state index is 14.0. The van der Waals surface area contributed by atoms with Gasteiger partial charge in [0.25, 0.3) is 5.56 Å². The fraction of sp³-hybridized carbons (Fsp3) is 0.364. The normalized spacial score (nSPS) is 17.7. The lowest BCUT2D eigenvalue weighted by atomic mass is 10.1. The average molecular weight is 442 g/mol. The number of allylic oxidation sites excluding steroid dienone is 2. The third kappa shape index (κ3) is 4.39. The summed E-state index contributed by atoms with van der Waals surface area (Å²) in [6, 6.07) is 2.76. The number of hydrogen-bond acceptors (Lipinski definition) is 6. The highest BCUT2D eigenvalue weighted by Gasteiger charge is 2.31. The molecule has 0 saturated carbocycles. The number of anilines is 2. The van der Waals surface area contributed by atoms with Crippen LogP contribution in [0.25, 0.3) is 0 Å². The molecule has 3 heterocycles. The topological polar surface area (TPSA) is 115 Å². The molecule has 1 aliphatic carbocycles. The Labute approximate surface area is 183 Å². The van der Waals surface area contributed by atoms with Gasteiger partial charge in [0.05, 0.1) is 6.20 Å². The zero-order chi connectivity index (χ0) is 22.8. The van der Waals surface area contributed by atoms with Crippen LogP contribution in [0.3, 0.4) is 0 Å². The van der Waals surface area contributed by atoms with E-state index < -0.39 is 23.3 Å². The summed E-state index contributed by atoms with van der Waals surface area (Å²) in [6.07, 6.45) is 3.51. The zero-order valence-electron chi connectivity index (χ0n) is 17.6. The van der Waals surface area contributed by atoms with Crippen LogP contribution in [0.1, 0.15) is 42.4 Å². The maximum absolute atomic E-state index is 14.0. The van der Waals surface area contributed by atoms with Crippen LogP contribution < -0.4 is 21.9 Å². The Morgan fingerprint density at radius 3 is 2.84 bits per heavy atom. The SMILES string of the molecule is Cc1nc(N)ccc1CNC(=O)C1CCc2ncc(NCC3=C(F)CCC(F)=C3)c(=O)n21. The third-order valence-corrected chi connectivity index (χ3v) is 5.73. The van der Waals surface area contributed by atoms with Gasteiger partial charge in [0.15, 0.2) is 0 Å². The van der Waals surface area contributed by atoms with Crippen molar-refractivity contribution in [2.75, 3.05) is 17.6 Å². The Morgan fingerprint density at radius 2 is 2.06 bits per heavy atom. The first-order chi connectivity index (χ1) is 15.3. The Balaban J connectivity index is 1.48. The van der Waals surface area contributed by atoms with Gasteiger partial charge in [0.2, 0.25) is 5.91 Å². The highest BCUT2D eigenvalue weighted by molar-refractivity contribution is 5.81. The molecule has 1 aliphatic heterocycles. The number of fused-ring (bicyclic) bond motifs is 1. The summed E-state index contributed by atoms with van der Waals surface area (Å²) >= 11 is 0. The van der Waals surface area contributed by atoms with Gasteiger partial charge in [-0.3, -0.25) is 14.2 Å². The summed E-state index contributed by atoms with van der Waals surface area (Å²) in [6.45, 7) is 2.02. The van der Waals surface area contributed by atoms with Gasteiger partial charge in [0, 0.05) is 43.6 Å². The number of halogens is 2. The second-order valence-corrected chi connectivity index (χ2v) is 7.89. The van der Waals surface area contributed by atoms with E-state index in [1.54, 1.807) is 19.1 Å². The Hall–Kier alpha value is -3.56. The van der Waals surface area contributed by atoms with Crippen LogP contribution in [0.2, 0.25) is 0 Å². The summed E-state index contributed by atoms with van der Waals surface area (Å²) in [5.41, 5.74) is 7.09. The first kappa shape index (κ1) is 21.7. The minimum atomic E-state index is -0.697. The standard InChI is InChI=1S/C22H24F2N6O2/c1-12-13(2-6-19(25)29-12)9-28-21(31)18-5-7-20-27-11-17(22(32)30(18)20)26-10-14-8-15(23)3-4-16(14)24/h2,6,8,11,18,26H,3-5,7,9-10H2,1H3,(H2,25,29)(H,28,31). The first-order valence-corrected chi connectivity index (χ1v) is 10.4. The van der Waals surface area contributed by atoms with Gasteiger partial charge in [-0.2, -0.15) is 0 Å².